The van der Waals surface area contributed by atoms with Gasteiger partial charge in [-0.05, 0) is 19.9 Å². The fraction of sp³-hybridized carbons (Fsp3) is 0.364. The molecule has 0 saturated carbocycles. The second kappa shape index (κ2) is 4.57. The molecule has 84 valence electrons. The lowest BCUT2D eigenvalue weighted by Gasteiger charge is -2.02. The van der Waals surface area contributed by atoms with Crippen LogP contribution in [-0.2, 0) is 13.0 Å². The van der Waals surface area contributed by atoms with Crippen LogP contribution in [0.25, 0.3) is 0 Å². The van der Waals surface area contributed by atoms with E-state index in [1.165, 1.54) is 11.3 Å². The molecule has 0 radical (unpaired) electrons. The van der Waals surface area contributed by atoms with Crippen molar-refractivity contribution in [1.29, 1.82) is 0 Å². The van der Waals surface area contributed by atoms with Crippen LogP contribution >= 0.6 is 11.3 Å². The van der Waals surface area contributed by atoms with Gasteiger partial charge in [0.05, 0.1) is 22.5 Å². The maximum Gasteiger partial charge on any atom is 0.180 e. The van der Waals surface area contributed by atoms with Crippen LogP contribution < -0.4 is 0 Å². The third kappa shape index (κ3) is 2.19. The van der Waals surface area contributed by atoms with Gasteiger partial charge in [-0.2, -0.15) is 5.10 Å². The van der Waals surface area contributed by atoms with E-state index in [2.05, 4.69) is 10.1 Å². The lowest BCUT2D eigenvalue weighted by Crippen LogP contribution is -2.08. The highest BCUT2D eigenvalue weighted by Gasteiger charge is 2.12. The third-order valence-electron chi connectivity index (χ3n) is 2.33. The van der Waals surface area contributed by atoms with Crippen molar-refractivity contribution in [3.63, 3.8) is 0 Å². The number of aromatic nitrogens is 3. The first kappa shape index (κ1) is 11.0. The molecule has 2 heterocycles. The number of nitrogens with zero attached hydrogens (tertiary/aromatic N) is 3. The molecule has 0 spiro atoms. The highest BCUT2D eigenvalue weighted by Crippen LogP contribution is 2.12. The van der Waals surface area contributed by atoms with Crippen LogP contribution in [0.4, 0.5) is 0 Å². The van der Waals surface area contributed by atoms with E-state index in [0.29, 0.717) is 11.3 Å². The number of hydrogen-bond acceptors (Lipinski definition) is 4. The number of Topliss-reactive ketones (excluding diaryl/α,β-unsaturated/α-hetero) is 1. The maximum atomic E-state index is 11.9. The molecule has 2 rings (SSSR count). The summed E-state index contributed by atoms with van der Waals surface area (Å²) in [6.07, 6.45) is 2.02. The Balaban J connectivity index is 2.17. The molecule has 0 aliphatic rings. The van der Waals surface area contributed by atoms with Crippen LogP contribution in [0.1, 0.15) is 28.0 Å². The predicted molar refractivity (Wildman–Crippen MR) is 62.8 cm³/mol. The van der Waals surface area contributed by atoms with E-state index in [4.69, 9.17) is 0 Å². The Hall–Kier alpha value is -1.49. The highest BCUT2D eigenvalue weighted by molar-refractivity contribution is 7.11. The second-order valence-corrected chi connectivity index (χ2v) is 4.44. The average molecular weight is 235 g/mol. The van der Waals surface area contributed by atoms with Crippen molar-refractivity contribution in [3.05, 3.63) is 34.0 Å². The summed E-state index contributed by atoms with van der Waals surface area (Å²) < 4.78 is 1.87. The largest absolute Gasteiger partial charge is 0.293 e. The van der Waals surface area contributed by atoms with Gasteiger partial charge in [-0.25, -0.2) is 0 Å². The number of carbonyl (C=O) groups excluding carboxylic acids is 1. The number of rotatable bonds is 4. The van der Waals surface area contributed by atoms with Crippen molar-refractivity contribution >= 4 is 17.1 Å². The van der Waals surface area contributed by atoms with Crippen LogP contribution in [0.15, 0.2) is 17.8 Å². The zero-order chi connectivity index (χ0) is 11.5. The summed E-state index contributed by atoms with van der Waals surface area (Å²) in [5.41, 5.74) is 3.60. The van der Waals surface area contributed by atoms with Crippen LogP contribution in [0.5, 0.6) is 0 Å². The smallest absolute Gasteiger partial charge is 0.180 e. The summed E-state index contributed by atoms with van der Waals surface area (Å²) in [4.78, 5) is 16.5. The lowest BCUT2D eigenvalue weighted by atomic mass is 10.2. The lowest BCUT2D eigenvalue weighted by molar-refractivity contribution is 0.0994. The van der Waals surface area contributed by atoms with E-state index in [1.807, 2.05) is 24.6 Å². The quantitative estimate of drug-likeness (QED) is 0.762. The zero-order valence-corrected chi connectivity index (χ0v) is 10.1. The van der Waals surface area contributed by atoms with Gasteiger partial charge in [0.25, 0.3) is 0 Å². The van der Waals surface area contributed by atoms with Gasteiger partial charge in [0.15, 0.2) is 5.78 Å². The number of thiazole rings is 1. The molecule has 2 aromatic heterocycles. The Kier molecular flexibility index (Phi) is 3.14. The average Bonchev–Trinajstić information content (AvgIpc) is 2.87. The monoisotopic (exact) mass is 235 g/mol. The maximum absolute atomic E-state index is 11.9. The third-order valence-corrected chi connectivity index (χ3v) is 3.15. The Morgan fingerprint density at radius 3 is 3.00 bits per heavy atom. The molecule has 4 nitrogen and oxygen atoms in total. The van der Waals surface area contributed by atoms with Gasteiger partial charge in [-0.1, -0.05) is 0 Å². The molecule has 0 unspecified atom stereocenters. The van der Waals surface area contributed by atoms with Crippen molar-refractivity contribution in [3.8, 4) is 0 Å². The van der Waals surface area contributed by atoms with Gasteiger partial charge in [0.1, 0.15) is 0 Å². The van der Waals surface area contributed by atoms with Gasteiger partial charge in [-0.15, -0.1) is 11.3 Å². The Morgan fingerprint density at radius 1 is 1.56 bits per heavy atom. The Labute approximate surface area is 97.9 Å². The van der Waals surface area contributed by atoms with E-state index in [0.717, 1.165) is 17.9 Å². The van der Waals surface area contributed by atoms with Crippen LogP contribution in [0, 0.1) is 6.92 Å². The number of ketones is 1. The van der Waals surface area contributed by atoms with E-state index >= 15 is 0 Å². The summed E-state index contributed by atoms with van der Waals surface area (Å²) >= 11 is 1.38. The summed E-state index contributed by atoms with van der Waals surface area (Å²) in [6.45, 7) is 4.75. The minimum absolute atomic E-state index is 0.108. The fourth-order valence-electron chi connectivity index (χ4n) is 1.62. The summed E-state index contributed by atoms with van der Waals surface area (Å²) in [5, 5.41) is 4.32. The first-order chi connectivity index (χ1) is 7.70. The van der Waals surface area contributed by atoms with Crippen molar-refractivity contribution in [2.45, 2.75) is 26.8 Å². The Morgan fingerprint density at radius 2 is 2.38 bits per heavy atom. The standard InChI is InChI=1S/C11H13N3OS/c1-3-14-9(4-8(2)13-14)5-10(15)11-6-12-7-16-11/h4,6-7H,3,5H2,1-2H3. The minimum atomic E-state index is 0.108. The summed E-state index contributed by atoms with van der Waals surface area (Å²) in [5.74, 6) is 0.108. The molecular formula is C11H13N3OS. The van der Waals surface area contributed by atoms with E-state index in [9.17, 15) is 4.79 Å². The molecule has 16 heavy (non-hydrogen) atoms. The second-order valence-electron chi connectivity index (χ2n) is 3.56. The predicted octanol–water partition coefficient (Wildman–Crippen LogP) is 2.09. The molecule has 0 aromatic carbocycles. The van der Waals surface area contributed by atoms with Crippen LogP contribution in [0.3, 0.4) is 0 Å². The first-order valence-electron chi connectivity index (χ1n) is 5.15. The van der Waals surface area contributed by atoms with Crippen molar-refractivity contribution in [1.82, 2.24) is 14.8 Å². The molecule has 2 aromatic rings. The zero-order valence-electron chi connectivity index (χ0n) is 9.30. The Bertz CT molecular complexity index is 487. The topological polar surface area (TPSA) is 47.8 Å². The molecule has 0 aliphatic heterocycles. The minimum Gasteiger partial charge on any atom is -0.293 e. The summed E-state index contributed by atoms with van der Waals surface area (Å²) in [7, 11) is 0. The van der Waals surface area contributed by atoms with Gasteiger partial charge in [0, 0.05) is 18.4 Å². The van der Waals surface area contributed by atoms with Gasteiger partial charge >= 0.3 is 0 Å². The first-order valence-corrected chi connectivity index (χ1v) is 6.03. The van der Waals surface area contributed by atoms with E-state index in [1.54, 1.807) is 11.7 Å². The van der Waals surface area contributed by atoms with E-state index in [-0.39, 0.29) is 5.78 Å². The van der Waals surface area contributed by atoms with Crippen LogP contribution in [0.2, 0.25) is 0 Å². The van der Waals surface area contributed by atoms with Crippen LogP contribution in [-0.4, -0.2) is 20.5 Å². The van der Waals surface area contributed by atoms with Gasteiger partial charge < -0.3 is 0 Å². The molecule has 0 saturated heterocycles. The fourth-order valence-corrected chi connectivity index (χ4v) is 2.18. The number of carbonyl (C=O) groups is 1. The van der Waals surface area contributed by atoms with Gasteiger partial charge in [-0.3, -0.25) is 14.5 Å². The molecule has 0 N–H and O–H groups in total. The highest BCUT2D eigenvalue weighted by atomic mass is 32.1. The summed E-state index contributed by atoms with van der Waals surface area (Å²) in [6, 6.07) is 1.96. The van der Waals surface area contributed by atoms with Crippen molar-refractivity contribution < 1.29 is 4.79 Å². The molecule has 5 heteroatoms. The molecule has 0 atom stereocenters. The molecule has 0 fully saturated rings. The number of hydrogen-bond donors (Lipinski definition) is 0. The molecule has 0 aliphatic carbocycles. The normalized spacial score (nSPS) is 10.6. The number of aryl methyl sites for hydroxylation is 2. The van der Waals surface area contributed by atoms with Crippen molar-refractivity contribution in [2.24, 2.45) is 0 Å². The van der Waals surface area contributed by atoms with E-state index < -0.39 is 0 Å². The van der Waals surface area contributed by atoms with Gasteiger partial charge in [0.2, 0.25) is 0 Å². The van der Waals surface area contributed by atoms with Crippen molar-refractivity contribution in [2.75, 3.05) is 0 Å². The molecule has 0 amide bonds. The molecular weight excluding hydrogens is 222 g/mol. The molecule has 0 bridgehead atoms. The SMILES string of the molecule is CCn1nc(C)cc1CC(=O)c1cncs1.